The van der Waals surface area contributed by atoms with Gasteiger partial charge in [0.2, 0.25) is 5.88 Å². The van der Waals surface area contributed by atoms with Crippen molar-refractivity contribution in [3.05, 3.63) is 52.7 Å². The number of carboxylic acids is 2. The maximum atomic E-state index is 10.6. The number of rotatable bonds is 7. The first-order valence-electron chi connectivity index (χ1n) is 10.0. The molecule has 0 aliphatic heterocycles. The lowest BCUT2D eigenvalue weighted by molar-refractivity contribution is -0.147. The van der Waals surface area contributed by atoms with Crippen molar-refractivity contribution in [2.24, 2.45) is 16.8 Å². The fourth-order valence-electron chi connectivity index (χ4n) is 2.67. The molecule has 1 aliphatic carbocycles. The Morgan fingerprint density at radius 2 is 1.74 bits per heavy atom. The van der Waals surface area contributed by atoms with Gasteiger partial charge in [-0.1, -0.05) is 16.8 Å². The number of halogens is 2. The van der Waals surface area contributed by atoms with Crippen LogP contribution in [0.15, 0.2) is 41.7 Å². The van der Waals surface area contributed by atoms with Crippen molar-refractivity contribution < 1.29 is 34.5 Å². The van der Waals surface area contributed by atoms with Crippen molar-refractivity contribution in [1.82, 2.24) is 4.98 Å². The summed E-state index contributed by atoms with van der Waals surface area (Å²) in [7, 11) is 0. The molecule has 1 aliphatic rings. The average molecular weight is 516 g/mol. The normalized spacial score (nSPS) is 16.7. The van der Waals surface area contributed by atoms with Crippen LogP contribution >= 0.6 is 23.2 Å². The Morgan fingerprint density at radius 3 is 2.18 bits per heavy atom. The summed E-state index contributed by atoms with van der Waals surface area (Å²) in [5.74, 6) is -1.17. The van der Waals surface area contributed by atoms with E-state index in [0.717, 1.165) is 0 Å². The number of hydrogen-bond acceptors (Lipinski definition) is 7. The third kappa shape index (κ3) is 8.95. The van der Waals surface area contributed by atoms with Crippen LogP contribution in [-0.4, -0.2) is 56.8 Å². The molecule has 0 amide bonds. The van der Waals surface area contributed by atoms with Gasteiger partial charge in [0.05, 0.1) is 17.6 Å². The predicted octanol–water partition coefficient (Wildman–Crippen LogP) is 4.10. The van der Waals surface area contributed by atoms with Crippen LogP contribution < -0.4 is 15.2 Å². The zero-order chi connectivity index (χ0) is 25.8. The van der Waals surface area contributed by atoms with E-state index in [9.17, 15) is 9.59 Å². The molecule has 0 unspecified atom stereocenters. The van der Waals surface area contributed by atoms with Crippen LogP contribution in [0.25, 0.3) is 0 Å². The number of hydrogen-bond donors (Lipinski definition) is 4. The molecule has 2 aromatic rings. The highest BCUT2D eigenvalue weighted by Gasteiger charge is 2.35. The summed E-state index contributed by atoms with van der Waals surface area (Å²) in [6, 6.07) is 8.09. The lowest BCUT2D eigenvalue weighted by atomic mass is 9.82. The number of ether oxygens (including phenoxy) is 2. The van der Waals surface area contributed by atoms with Crippen LogP contribution in [-0.2, 0) is 4.79 Å². The number of nitrogens with zero attached hydrogens (tertiary/aromatic N) is 2. The molecule has 0 bridgehead atoms. The number of aromatic nitrogens is 1. The molecule has 3 rings (SSSR count). The first kappa shape index (κ1) is 28.8. The van der Waals surface area contributed by atoms with Crippen LogP contribution in [0, 0.1) is 5.92 Å². The minimum absolute atomic E-state index is 0.0381. The number of aromatic carboxylic acids is 1. The van der Waals surface area contributed by atoms with Gasteiger partial charge < -0.3 is 30.6 Å². The van der Waals surface area contributed by atoms with Crippen molar-refractivity contribution in [2.75, 3.05) is 6.38 Å². The Bertz CT molecular complexity index is 979. The van der Waals surface area contributed by atoms with Crippen LogP contribution in [0.5, 0.6) is 11.6 Å². The van der Waals surface area contributed by atoms with Crippen molar-refractivity contribution >= 4 is 41.0 Å². The molecule has 12 heteroatoms. The monoisotopic (exact) mass is 515 g/mol. The summed E-state index contributed by atoms with van der Waals surface area (Å²) in [6.07, 6.45) is 3.68. The van der Waals surface area contributed by atoms with Gasteiger partial charge in [0.15, 0.2) is 5.84 Å². The van der Waals surface area contributed by atoms with E-state index in [1.807, 2.05) is 13.8 Å². The number of alkyl halides is 1. The van der Waals surface area contributed by atoms with E-state index in [0.29, 0.717) is 24.2 Å². The highest BCUT2D eigenvalue weighted by Crippen LogP contribution is 2.31. The molecule has 0 atom stereocenters. The van der Waals surface area contributed by atoms with E-state index >= 15 is 0 Å². The van der Waals surface area contributed by atoms with Gasteiger partial charge in [0, 0.05) is 18.1 Å². The molecule has 10 nitrogen and oxygen atoms in total. The minimum Gasteiger partial charge on any atom is -0.490 e. The number of pyridine rings is 1. The third-order valence-corrected chi connectivity index (χ3v) is 4.68. The lowest BCUT2D eigenvalue weighted by Gasteiger charge is -2.32. The Balaban J connectivity index is 0.000000326. The predicted molar refractivity (Wildman–Crippen MR) is 127 cm³/mol. The molecule has 1 heterocycles. The molecule has 1 aromatic heterocycles. The summed E-state index contributed by atoms with van der Waals surface area (Å²) >= 11 is 10.4. The van der Waals surface area contributed by atoms with Gasteiger partial charge in [-0.15, -0.1) is 11.6 Å². The average Bonchev–Trinajstić information content (AvgIpc) is 2.78. The smallest absolute Gasteiger partial charge is 0.337 e. The second-order valence-corrected chi connectivity index (χ2v) is 7.65. The van der Waals surface area contributed by atoms with Crippen molar-refractivity contribution in [2.45, 2.75) is 38.9 Å². The van der Waals surface area contributed by atoms with E-state index in [1.165, 1.54) is 18.6 Å². The summed E-state index contributed by atoms with van der Waals surface area (Å²) in [6.45, 7) is 3.67. The van der Waals surface area contributed by atoms with E-state index < -0.39 is 11.9 Å². The molecule has 1 aromatic carbocycles. The molecule has 186 valence electrons. The van der Waals surface area contributed by atoms with E-state index in [-0.39, 0.29) is 40.4 Å². The third-order valence-electron chi connectivity index (χ3n) is 4.41. The van der Waals surface area contributed by atoms with E-state index in [1.54, 1.807) is 24.3 Å². The second kappa shape index (κ2) is 14.1. The molecule has 0 saturated heterocycles. The van der Waals surface area contributed by atoms with Gasteiger partial charge in [0.25, 0.3) is 0 Å². The number of aliphatic carboxylic acids is 1. The maximum absolute atomic E-state index is 10.6. The highest BCUT2D eigenvalue weighted by molar-refractivity contribution is 6.32. The second-order valence-electron chi connectivity index (χ2n) is 7.24. The summed E-state index contributed by atoms with van der Waals surface area (Å²) < 4.78 is 10.8. The number of benzene rings is 1. The fourth-order valence-corrected chi connectivity index (χ4v) is 2.88. The van der Waals surface area contributed by atoms with Gasteiger partial charge in [-0.25, -0.2) is 9.78 Å². The fraction of sp³-hybridized carbons (Fsp3) is 0.364. The Labute approximate surface area is 206 Å². The minimum atomic E-state index is -1.06. The Hall–Kier alpha value is -3.24. The molecular formula is C22H27Cl2N3O7. The van der Waals surface area contributed by atoms with Gasteiger partial charge in [-0.05, 0) is 57.0 Å². The SMILES string of the molecule is CC(C)Oc1ncc(C(=O)O)cc1Cl.CCl.N/C(=N\O)c1ccc(OC2CC(C(=O)O)C2)cc1. The number of oxime groups is 1. The molecule has 1 saturated carbocycles. The molecule has 34 heavy (non-hydrogen) atoms. The lowest BCUT2D eigenvalue weighted by Crippen LogP contribution is -2.38. The molecule has 5 N–H and O–H groups in total. The number of nitrogens with two attached hydrogens (primary N) is 1. The number of carboxylic acid groups (broad SMARTS) is 2. The van der Waals surface area contributed by atoms with Crippen LogP contribution in [0.2, 0.25) is 5.02 Å². The van der Waals surface area contributed by atoms with Gasteiger partial charge in [0.1, 0.15) is 16.9 Å². The van der Waals surface area contributed by atoms with E-state index in [4.69, 9.17) is 42.2 Å². The quantitative estimate of drug-likeness (QED) is 0.139. The maximum Gasteiger partial charge on any atom is 0.337 e. The van der Waals surface area contributed by atoms with Gasteiger partial charge in [-0.2, -0.15) is 0 Å². The summed E-state index contributed by atoms with van der Waals surface area (Å²) in [4.78, 5) is 25.0. The topological polar surface area (TPSA) is 165 Å². The molecule has 0 spiro atoms. The van der Waals surface area contributed by atoms with Gasteiger partial charge >= 0.3 is 11.9 Å². The molecule has 1 fully saturated rings. The Morgan fingerprint density at radius 1 is 1.15 bits per heavy atom. The van der Waals surface area contributed by atoms with Crippen LogP contribution in [0.3, 0.4) is 0 Å². The largest absolute Gasteiger partial charge is 0.490 e. The standard InChI is InChI=1S/C12H14N2O4.C9H10ClNO3.CH3Cl/c13-11(14-17)7-1-3-9(4-2-7)18-10-5-8(6-10)12(15)16;1-5(2)14-8-7(10)3-6(4-11-8)9(12)13;1-2/h1-4,8,10,17H,5-6H2,(H2,13,14)(H,15,16);3-5H,1-2H3,(H,12,13);1H3. The summed E-state index contributed by atoms with van der Waals surface area (Å²) in [5, 5.41) is 29.0. The first-order chi connectivity index (χ1) is 16.1. The molecule has 0 radical (unpaired) electrons. The van der Waals surface area contributed by atoms with Crippen molar-refractivity contribution in [1.29, 1.82) is 0 Å². The van der Waals surface area contributed by atoms with Crippen molar-refractivity contribution in [3.8, 4) is 11.6 Å². The molecular weight excluding hydrogens is 489 g/mol. The van der Waals surface area contributed by atoms with Crippen LogP contribution in [0.1, 0.15) is 42.6 Å². The Kier molecular flexibility index (Phi) is 12.0. The van der Waals surface area contributed by atoms with Crippen LogP contribution in [0.4, 0.5) is 0 Å². The zero-order valence-corrected chi connectivity index (χ0v) is 20.3. The van der Waals surface area contributed by atoms with E-state index in [2.05, 4.69) is 21.7 Å². The number of carbonyl (C=O) groups is 2. The number of amidine groups is 1. The van der Waals surface area contributed by atoms with Gasteiger partial charge in [-0.3, -0.25) is 4.79 Å². The first-order valence-corrected chi connectivity index (χ1v) is 11.1. The van der Waals surface area contributed by atoms with Crippen molar-refractivity contribution in [3.63, 3.8) is 0 Å². The summed E-state index contributed by atoms with van der Waals surface area (Å²) in [5.41, 5.74) is 6.07. The zero-order valence-electron chi connectivity index (χ0n) is 18.8. The highest BCUT2D eigenvalue weighted by atomic mass is 35.5.